The molecule has 5 rings (SSSR count). The van der Waals surface area contributed by atoms with E-state index in [1.165, 1.54) is 23.5 Å². The van der Waals surface area contributed by atoms with Crippen molar-refractivity contribution in [1.82, 2.24) is 4.57 Å². The number of hydrogen-bond donors (Lipinski definition) is 0. The molecule has 1 aromatic heterocycles. The van der Waals surface area contributed by atoms with E-state index in [0.29, 0.717) is 43.2 Å². The summed E-state index contributed by atoms with van der Waals surface area (Å²) < 4.78 is 32.8. The molecule has 1 atom stereocenters. The highest BCUT2D eigenvalue weighted by molar-refractivity contribution is 7.07. The van der Waals surface area contributed by atoms with Crippen molar-refractivity contribution in [2.24, 2.45) is 4.99 Å². The summed E-state index contributed by atoms with van der Waals surface area (Å²) in [4.78, 5) is 32.5. The van der Waals surface area contributed by atoms with E-state index < -0.39 is 12.0 Å². The molecule has 0 aliphatic carbocycles. The number of halogens is 1. The molecule has 3 aromatic carbocycles. The number of carbonyl (C=O) groups excluding carboxylic acids is 1. The van der Waals surface area contributed by atoms with Crippen LogP contribution < -0.4 is 24.4 Å². The highest BCUT2D eigenvalue weighted by atomic mass is 32.1. The molecule has 7 nitrogen and oxygen atoms in total. The summed E-state index contributed by atoms with van der Waals surface area (Å²) in [5, 5.41) is 0. The van der Waals surface area contributed by atoms with E-state index in [4.69, 9.17) is 14.2 Å². The molecular weight excluding hydrogens is 555 g/mol. The molecule has 9 heteroatoms. The largest absolute Gasteiger partial charge is 0.491 e. The lowest BCUT2D eigenvalue weighted by molar-refractivity contribution is -0.139. The number of allylic oxidation sites excluding steroid dienone is 1. The van der Waals surface area contributed by atoms with Crippen LogP contribution in [0, 0.1) is 5.82 Å². The van der Waals surface area contributed by atoms with Gasteiger partial charge in [-0.25, -0.2) is 14.2 Å². The molecular formula is C33H31FN2O5S. The summed E-state index contributed by atoms with van der Waals surface area (Å²) in [6, 6.07) is 20.1. The lowest BCUT2D eigenvalue weighted by atomic mass is 9.95. The number of thiazole rings is 1. The Kier molecular flexibility index (Phi) is 8.68. The Morgan fingerprint density at radius 1 is 1.05 bits per heavy atom. The molecule has 2 heterocycles. The Bertz CT molecular complexity index is 1820. The minimum absolute atomic E-state index is 0.121. The monoisotopic (exact) mass is 586 g/mol. The van der Waals surface area contributed by atoms with E-state index in [1.807, 2.05) is 62.4 Å². The van der Waals surface area contributed by atoms with Gasteiger partial charge in [0.1, 0.15) is 30.0 Å². The fourth-order valence-electron chi connectivity index (χ4n) is 4.77. The number of benzene rings is 3. The molecule has 0 unspecified atom stereocenters. The van der Waals surface area contributed by atoms with Crippen molar-refractivity contribution in [2.75, 3.05) is 6.61 Å². The molecule has 216 valence electrons. The number of fused-ring (bicyclic) bond motifs is 1. The summed E-state index contributed by atoms with van der Waals surface area (Å²) in [7, 11) is 0. The molecule has 0 saturated carbocycles. The second-order valence-corrected chi connectivity index (χ2v) is 11.0. The Labute approximate surface area is 246 Å². The molecule has 0 bridgehead atoms. The van der Waals surface area contributed by atoms with Gasteiger partial charge in [-0.1, -0.05) is 59.9 Å². The van der Waals surface area contributed by atoms with Gasteiger partial charge in [0, 0.05) is 11.1 Å². The van der Waals surface area contributed by atoms with E-state index in [1.54, 1.807) is 36.6 Å². The number of hydrogen-bond acceptors (Lipinski definition) is 7. The molecule has 0 fully saturated rings. The number of ether oxygens (including phenoxy) is 3. The molecule has 0 amide bonds. The average Bonchev–Trinajstić information content (AvgIpc) is 3.26. The third-order valence-electron chi connectivity index (χ3n) is 6.61. The number of carbonyl (C=O) groups is 1. The highest BCUT2D eigenvalue weighted by Gasteiger charge is 2.35. The van der Waals surface area contributed by atoms with E-state index in [-0.39, 0.29) is 30.7 Å². The Balaban J connectivity index is 1.62. The molecule has 1 aliphatic rings. The minimum Gasteiger partial charge on any atom is -0.491 e. The SMILES string of the molecule is CCOC(=O)C1=C(C)N=c2s/c(=C/c3ccccc3OCc3ccc(F)cc3)c(=O)n2[C@@H]1c1ccccc1OC(C)C. The zero-order valence-corrected chi connectivity index (χ0v) is 24.6. The van der Waals surface area contributed by atoms with Crippen molar-refractivity contribution in [3.05, 3.63) is 126 Å². The van der Waals surface area contributed by atoms with Crippen LogP contribution in [0.4, 0.5) is 4.39 Å². The van der Waals surface area contributed by atoms with Gasteiger partial charge in [0.2, 0.25) is 0 Å². The van der Waals surface area contributed by atoms with Crippen LogP contribution in [0.15, 0.2) is 93.9 Å². The van der Waals surface area contributed by atoms with Crippen LogP contribution in [0.1, 0.15) is 50.4 Å². The van der Waals surface area contributed by atoms with Crippen LogP contribution in [-0.4, -0.2) is 23.2 Å². The zero-order chi connectivity index (χ0) is 29.8. The second kappa shape index (κ2) is 12.6. The lowest BCUT2D eigenvalue weighted by Crippen LogP contribution is -2.40. The maximum atomic E-state index is 14.1. The summed E-state index contributed by atoms with van der Waals surface area (Å²) in [5.41, 5.74) is 2.65. The number of aromatic nitrogens is 1. The highest BCUT2D eigenvalue weighted by Crippen LogP contribution is 2.36. The van der Waals surface area contributed by atoms with Crippen molar-refractivity contribution in [1.29, 1.82) is 0 Å². The van der Waals surface area contributed by atoms with E-state index >= 15 is 0 Å². The molecule has 42 heavy (non-hydrogen) atoms. The molecule has 0 saturated heterocycles. The van der Waals surface area contributed by atoms with Gasteiger partial charge in [0.25, 0.3) is 5.56 Å². The predicted molar refractivity (Wildman–Crippen MR) is 160 cm³/mol. The van der Waals surface area contributed by atoms with Crippen LogP contribution in [0.5, 0.6) is 11.5 Å². The van der Waals surface area contributed by atoms with Gasteiger partial charge < -0.3 is 14.2 Å². The van der Waals surface area contributed by atoms with Crippen LogP contribution in [0.2, 0.25) is 0 Å². The summed E-state index contributed by atoms with van der Waals surface area (Å²) in [6.45, 7) is 7.76. The topological polar surface area (TPSA) is 79.1 Å². The van der Waals surface area contributed by atoms with Crippen molar-refractivity contribution >= 4 is 23.4 Å². The van der Waals surface area contributed by atoms with Crippen LogP contribution in [-0.2, 0) is 16.1 Å². The summed E-state index contributed by atoms with van der Waals surface area (Å²) in [6.07, 6.45) is 1.64. The number of nitrogens with zero attached hydrogens (tertiary/aromatic N) is 2. The second-order valence-electron chi connectivity index (χ2n) is 9.96. The van der Waals surface area contributed by atoms with Crippen LogP contribution in [0.3, 0.4) is 0 Å². The minimum atomic E-state index is -0.789. The van der Waals surface area contributed by atoms with Crippen molar-refractivity contribution in [3.63, 3.8) is 0 Å². The van der Waals surface area contributed by atoms with Crippen molar-refractivity contribution in [2.45, 2.75) is 46.4 Å². The standard InChI is InChI=1S/C33H31FN2O5S/c1-5-39-32(38)29-21(4)35-33-36(30(29)25-11-7-9-13-27(25)41-20(2)3)31(37)28(42-33)18-23-10-6-8-12-26(23)40-19-22-14-16-24(34)17-15-22/h6-18,20,30H,5,19H2,1-4H3/b28-18+/t30-/m1/s1. The maximum absolute atomic E-state index is 14.1. The van der Waals surface area contributed by atoms with E-state index in [9.17, 15) is 14.0 Å². The fraction of sp³-hybridized carbons (Fsp3) is 0.242. The van der Waals surface area contributed by atoms with E-state index in [2.05, 4.69) is 4.99 Å². The van der Waals surface area contributed by atoms with Gasteiger partial charge in [0.05, 0.1) is 28.5 Å². The first-order valence-electron chi connectivity index (χ1n) is 13.7. The van der Waals surface area contributed by atoms with Gasteiger partial charge in [0.15, 0.2) is 4.80 Å². The third-order valence-corrected chi connectivity index (χ3v) is 7.59. The van der Waals surface area contributed by atoms with Gasteiger partial charge >= 0.3 is 5.97 Å². The van der Waals surface area contributed by atoms with Crippen LogP contribution >= 0.6 is 11.3 Å². The molecule has 0 spiro atoms. The predicted octanol–water partition coefficient (Wildman–Crippen LogP) is 5.30. The maximum Gasteiger partial charge on any atom is 0.338 e. The smallest absolute Gasteiger partial charge is 0.338 e. The third kappa shape index (κ3) is 6.06. The normalized spacial score (nSPS) is 14.9. The molecule has 4 aromatic rings. The van der Waals surface area contributed by atoms with Crippen molar-refractivity contribution < 1.29 is 23.4 Å². The van der Waals surface area contributed by atoms with Gasteiger partial charge in [-0.2, -0.15) is 0 Å². The van der Waals surface area contributed by atoms with Gasteiger partial charge in [-0.05, 0) is 63.6 Å². The molecule has 0 N–H and O–H groups in total. The molecule has 1 aliphatic heterocycles. The first kappa shape index (κ1) is 29.0. The number of para-hydroxylation sites is 2. The first-order chi connectivity index (χ1) is 20.3. The van der Waals surface area contributed by atoms with Gasteiger partial charge in [-0.3, -0.25) is 9.36 Å². The van der Waals surface area contributed by atoms with E-state index in [0.717, 1.165) is 5.56 Å². The average molecular weight is 587 g/mol. The fourth-order valence-corrected chi connectivity index (χ4v) is 5.81. The quantitative estimate of drug-likeness (QED) is 0.249. The number of esters is 1. The zero-order valence-electron chi connectivity index (χ0n) is 23.8. The van der Waals surface area contributed by atoms with Gasteiger partial charge in [-0.15, -0.1) is 0 Å². The molecule has 0 radical (unpaired) electrons. The van der Waals surface area contributed by atoms with Crippen LogP contribution in [0.25, 0.3) is 6.08 Å². The number of rotatable bonds is 9. The Morgan fingerprint density at radius 3 is 2.45 bits per heavy atom. The van der Waals surface area contributed by atoms with Crippen molar-refractivity contribution in [3.8, 4) is 11.5 Å². The first-order valence-corrected chi connectivity index (χ1v) is 14.5. The summed E-state index contributed by atoms with van der Waals surface area (Å²) in [5.74, 6) is 0.302. The Hall–Kier alpha value is -4.50. The lowest BCUT2D eigenvalue weighted by Gasteiger charge is -2.26. The Morgan fingerprint density at radius 2 is 1.74 bits per heavy atom. The summed E-state index contributed by atoms with van der Waals surface area (Å²) >= 11 is 1.23.